The van der Waals surface area contributed by atoms with E-state index in [2.05, 4.69) is 0 Å². The zero-order valence-electron chi connectivity index (χ0n) is 15.9. The molecule has 1 unspecified atom stereocenters. The molecule has 0 aliphatic heterocycles. The van der Waals surface area contributed by atoms with Crippen molar-refractivity contribution in [3.05, 3.63) is 77.9 Å². The number of benzene rings is 3. The number of carbonyl (C=O) groups excluding carboxylic acids is 2. The van der Waals surface area contributed by atoms with Gasteiger partial charge in [-0.15, -0.1) is 0 Å². The Morgan fingerprint density at radius 1 is 0.929 bits per heavy atom. The topological polar surface area (TPSA) is 61.8 Å². The second-order valence-corrected chi connectivity index (χ2v) is 6.47. The summed E-state index contributed by atoms with van der Waals surface area (Å²) in [6.45, 7) is 2.04. The van der Waals surface area contributed by atoms with Crippen LogP contribution in [-0.4, -0.2) is 25.7 Å². The minimum atomic E-state index is -0.453. The number of esters is 2. The lowest BCUT2D eigenvalue weighted by atomic mass is 9.98. The summed E-state index contributed by atoms with van der Waals surface area (Å²) in [6, 6.07) is 20.7. The largest absolute Gasteiger partial charge is 0.469 e. The van der Waals surface area contributed by atoms with E-state index >= 15 is 0 Å². The number of carbonyl (C=O) groups is 2. The fraction of sp³-hybridized carbons (Fsp3) is 0.217. The first-order valence-corrected chi connectivity index (χ1v) is 9.00. The Bertz CT molecular complexity index is 965. The Labute approximate surface area is 163 Å². The van der Waals surface area contributed by atoms with Crippen molar-refractivity contribution in [2.45, 2.75) is 19.4 Å². The Balaban J connectivity index is 1.60. The van der Waals surface area contributed by atoms with Crippen LogP contribution in [0.4, 0.5) is 0 Å². The molecular weight excluding hydrogens is 356 g/mol. The number of ether oxygens (including phenoxy) is 3. The van der Waals surface area contributed by atoms with E-state index in [4.69, 9.17) is 14.2 Å². The fourth-order valence-corrected chi connectivity index (χ4v) is 2.88. The van der Waals surface area contributed by atoms with Crippen molar-refractivity contribution < 1.29 is 23.8 Å². The molecule has 0 spiro atoms. The SMILES string of the molecule is COC(=O)C(C)c1ccc2cc(OC(=O)COCc3ccccc3)ccc2c1. The Morgan fingerprint density at radius 2 is 1.64 bits per heavy atom. The van der Waals surface area contributed by atoms with Crippen LogP contribution in [0.2, 0.25) is 0 Å². The molecule has 0 aliphatic carbocycles. The number of hydrogen-bond acceptors (Lipinski definition) is 5. The molecule has 0 N–H and O–H groups in total. The van der Waals surface area contributed by atoms with Crippen LogP contribution in [0.1, 0.15) is 24.0 Å². The summed E-state index contributed by atoms with van der Waals surface area (Å²) in [6.07, 6.45) is 0. The lowest BCUT2D eigenvalue weighted by Gasteiger charge is -2.11. The molecule has 0 aliphatic rings. The van der Waals surface area contributed by atoms with E-state index in [1.807, 2.05) is 54.6 Å². The summed E-state index contributed by atoms with van der Waals surface area (Å²) in [5.74, 6) is -0.616. The van der Waals surface area contributed by atoms with Crippen molar-refractivity contribution >= 4 is 22.7 Å². The summed E-state index contributed by atoms with van der Waals surface area (Å²) < 4.78 is 15.5. The molecule has 0 fully saturated rings. The second kappa shape index (κ2) is 9.15. The van der Waals surface area contributed by atoms with Crippen molar-refractivity contribution in [2.75, 3.05) is 13.7 Å². The van der Waals surface area contributed by atoms with Crippen LogP contribution < -0.4 is 4.74 Å². The summed E-state index contributed by atoms with van der Waals surface area (Å²) in [4.78, 5) is 23.7. The van der Waals surface area contributed by atoms with Gasteiger partial charge in [0.15, 0.2) is 0 Å². The van der Waals surface area contributed by atoms with Gasteiger partial charge in [0.2, 0.25) is 0 Å². The van der Waals surface area contributed by atoms with E-state index in [1.54, 1.807) is 19.1 Å². The predicted molar refractivity (Wildman–Crippen MR) is 106 cm³/mol. The molecule has 0 aromatic heterocycles. The Kier molecular flexibility index (Phi) is 6.40. The molecule has 5 heteroatoms. The van der Waals surface area contributed by atoms with E-state index < -0.39 is 5.97 Å². The van der Waals surface area contributed by atoms with Crippen molar-refractivity contribution in [1.82, 2.24) is 0 Å². The van der Waals surface area contributed by atoms with Gasteiger partial charge in [0, 0.05) is 0 Å². The Morgan fingerprint density at radius 3 is 2.39 bits per heavy atom. The standard InChI is InChI=1S/C23H22O5/c1-16(23(25)26-2)18-8-9-20-13-21(11-10-19(20)12-18)28-22(24)15-27-14-17-6-4-3-5-7-17/h3-13,16H,14-15H2,1-2H3. The maximum Gasteiger partial charge on any atom is 0.337 e. The summed E-state index contributed by atoms with van der Waals surface area (Å²) in [7, 11) is 1.38. The first kappa shape index (κ1) is 19.6. The normalized spacial score (nSPS) is 11.8. The molecule has 3 aromatic rings. The van der Waals surface area contributed by atoms with Gasteiger partial charge < -0.3 is 14.2 Å². The van der Waals surface area contributed by atoms with Crippen molar-refractivity contribution in [1.29, 1.82) is 0 Å². The van der Waals surface area contributed by atoms with Crippen LogP contribution in [0.15, 0.2) is 66.7 Å². The van der Waals surface area contributed by atoms with E-state index in [0.717, 1.165) is 21.9 Å². The number of rotatable bonds is 7. The first-order chi connectivity index (χ1) is 13.6. The lowest BCUT2D eigenvalue weighted by Crippen LogP contribution is -2.15. The van der Waals surface area contributed by atoms with E-state index in [1.165, 1.54) is 7.11 Å². The van der Waals surface area contributed by atoms with E-state index in [9.17, 15) is 9.59 Å². The Hall–Kier alpha value is -3.18. The molecule has 3 aromatic carbocycles. The maximum atomic E-state index is 12.0. The first-order valence-electron chi connectivity index (χ1n) is 9.00. The number of methoxy groups -OCH3 is 1. The quantitative estimate of drug-likeness (QED) is 0.455. The van der Waals surface area contributed by atoms with Crippen LogP contribution in [0, 0.1) is 0 Å². The van der Waals surface area contributed by atoms with Crippen LogP contribution >= 0.6 is 0 Å². The summed E-state index contributed by atoms with van der Waals surface area (Å²) in [5, 5.41) is 1.87. The minimum Gasteiger partial charge on any atom is -0.469 e. The van der Waals surface area contributed by atoms with Gasteiger partial charge in [-0.1, -0.05) is 54.6 Å². The van der Waals surface area contributed by atoms with E-state index in [-0.39, 0.29) is 18.5 Å². The van der Waals surface area contributed by atoms with Gasteiger partial charge in [0.1, 0.15) is 12.4 Å². The third-order valence-corrected chi connectivity index (χ3v) is 4.45. The van der Waals surface area contributed by atoms with Crippen molar-refractivity contribution in [3.63, 3.8) is 0 Å². The number of fused-ring (bicyclic) bond motifs is 1. The molecule has 5 nitrogen and oxygen atoms in total. The van der Waals surface area contributed by atoms with Crippen LogP contribution in [0.5, 0.6) is 5.75 Å². The van der Waals surface area contributed by atoms with Gasteiger partial charge in [-0.25, -0.2) is 4.79 Å². The third kappa shape index (κ3) is 4.96. The van der Waals surface area contributed by atoms with E-state index in [0.29, 0.717) is 12.4 Å². The fourth-order valence-electron chi connectivity index (χ4n) is 2.88. The highest BCUT2D eigenvalue weighted by atomic mass is 16.6. The van der Waals surface area contributed by atoms with Crippen LogP contribution in [0.3, 0.4) is 0 Å². The monoisotopic (exact) mass is 378 g/mol. The van der Waals surface area contributed by atoms with Crippen molar-refractivity contribution in [3.8, 4) is 5.75 Å². The zero-order valence-corrected chi connectivity index (χ0v) is 15.9. The predicted octanol–water partition coefficient (Wildman–Crippen LogP) is 4.24. The molecule has 0 bridgehead atoms. The highest BCUT2D eigenvalue weighted by Gasteiger charge is 2.16. The highest BCUT2D eigenvalue weighted by Crippen LogP contribution is 2.26. The molecular formula is C23H22O5. The smallest absolute Gasteiger partial charge is 0.337 e. The molecule has 0 heterocycles. The molecule has 0 saturated carbocycles. The average molecular weight is 378 g/mol. The summed E-state index contributed by atoms with van der Waals surface area (Å²) in [5.41, 5.74) is 1.87. The van der Waals surface area contributed by atoms with Gasteiger partial charge in [0.25, 0.3) is 0 Å². The maximum absolute atomic E-state index is 12.0. The van der Waals surface area contributed by atoms with Gasteiger partial charge in [-0.2, -0.15) is 0 Å². The molecule has 0 radical (unpaired) electrons. The molecule has 0 saturated heterocycles. The molecule has 0 amide bonds. The van der Waals surface area contributed by atoms with Gasteiger partial charge in [-0.05, 0) is 41.0 Å². The van der Waals surface area contributed by atoms with Crippen LogP contribution in [-0.2, 0) is 25.7 Å². The highest BCUT2D eigenvalue weighted by molar-refractivity contribution is 5.87. The lowest BCUT2D eigenvalue weighted by molar-refractivity contribution is -0.142. The molecule has 144 valence electrons. The molecule has 1 atom stereocenters. The zero-order chi connectivity index (χ0) is 19.9. The second-order valence-electron chi connectivity index (χ2n) is 6.47. The average Bonchev–Trinajstić information content (AvgIpc) is 2.73. The molecule has 28 heavy (non-hydrogen) atoms. The van der Waals surface area contributed by atoms with Gasteiger partial charge in [0.05, 0.1) is 19.6 Å². The van der Waals surface area contributed by atoms with Gasteiger partial charge >= 0.3 is 11.9 Å². The molecule has 3 rings (SSSR count). The minimum absolute atomic E-state index is 0.123. The van der Waals surface area contributed by atoms with Crippen LogP contribution in [0.25, 0.3) is 10.8 Å². The third-order valence-electron chi connectivity index (χ3n) is 4.45. The van der Waals surface area contributed by atoms with Crippen molar-refractivity contribution in [2.24, 2.45) is 0 Å². The number of hydrogen-bond donors (Lipinski definition) is 0. The summed E-state index contributed by atoms with van der Waals surface area (Å²) >= 11 is 0. The van der Waals surface area contributed by atoms with Gasteiger partial charge in [-0.3, -0.25) is 4.79 Å².